The molecule has 1 fully saturated rings. The summed E-state index contributed by atoms with van der Waals surface area (Å²) in [5.74, 6) is 0.752. The molecule has 0 spiro atoms. The molecular weight excluding hydrogens is 448 g/mol. The fourth-order valence-corrected chi connectivity index (χ4v) is 3.19. The molecule has 1 aliphatic rings. The lowest BCUT2D eigenvalue weighted by molar-refractivity contribution is -0.0496. The van der Waals surface area contributed by atoms with Gasteiger partial charge < -0.3 is 10.6 Å². The predicted molar refractivity (Wildman–Crippen MR) is 94.3 cm³/mol. The maximum absolute atomic E-state index is 12.5. The number of hydrogen-bond acceptors (Lipinski definition) is 3. The van der Waals surface area contributed by atoms with Crippen molar-refractivity contribution in [3.8, 4) is 0 Å². The number of halogens is 4. The lowest BCUT2D eigenvalue weighted by Gasteiger charge is -2.30. The second-order valence-electron chi connectivity index (χ2n) is 5.04. The van der Waals surface area contributed by atoms with Crippen LogP contribution in [0.25, 0.3) is 0 Å². The number of aliphatic imine (C=N–C) groups is 1. The van der Waals surface area contributed by atoms with E-state index in [0.29, 0.717) is 42.7 Å². The first kappa shape index (κ1) is 22.7. The fraction of sp³-hybridized carbons (Fsp3) is 0.917. The molecule has 0 aromatic rings. The molecule has 138 valence electrons. The van der Waals surface area contributed by atoms with Crippen molar-refractivity contribution in [1.82, 2.24) is 14.9 Å². The third-order valence-electron chi connectivity index (χ3n) is 3.40. The molecule has 2 N–H and O–H groups in total. The van der Waals surface area contributed by atoms with Gasteiger partial charge in [-0.2, -0.15) is 17.5 Å². The molecule has 0 aromatic carbocycles. The van der Waals surface area contributed by atoms with Crippen molar-refractivity contribution >= 4 is 40.0 Å². The summed E-state index contributed by atoms with van der Waals surface area (Å²) in [6.45, 7) is 5.55. The van der Waals surface area contributed by atoms with Crippen LogP contribution in [-0.4, -0.2) is 56.9 Å². The minimum atomic E-state index is -5.22. The largest absolute Gasteiger partial charge is 0.511 e. The van der Waals surface area contributed by atoms with Gasteiger partial charge >= 0.3 is 15.5 Å². The van der Waals surface area contributed by atoms with E-state index in [1.54, 1.807) is 0 Å². The number of alkyl halides is 3. The molecule has 0 atom stereocenters. The van der Waals surface area contributed by atoms with E-state index in [-0.39, 0.29) is 43.0 Å². The van der Waals surface area contributed by atoms with Gasteiger partial charge in [0.15, 0.2) is 5.96 Å². The van der Waals surface area contributed by atoms with Gasteiger partial charge in [0.2, 0.25) is 0 Å². The van der Waals surface area contributed by atoms with Crippen LogP contribution >= 0.6 is 24.0 Å². The smallest absolute Gasteiger partial charge is 0.357 e. The standard InChI is InChI=1S/C12H23F3N4O2S.HI/c1-3-16-11(17-4-2)18-9-10-5-7-19(8-6-10)22(20,21)12(13,14)15;/h10H,3-9H2,1-2H3,(H2,16,17,18);1H. The highest BCUT2D eigenvalue weighted by molar-refractivity contribution is 14.0. The molecule has 0 bridgehead atoms. The zero-order valence-electron chi connectivity index (χ0n) is 13.2. The topological polar surface area (TPSA) is 73.8 Å². The highest BCUT2D eigenvalue weighted by Gasteiger charge is 2.50. The van der Waals surface area contributed by atoms with Crippen molar-refractivity contribution in [2.24, 2.45) is 10.9 Å². The van der Waals surface area contributed by atoms with E-state index in [0.717, 1.165) is 0 Å². The van der Waals surface area contributed by atoms with E-state index in [2.05, 4.69) is 15.6 Å². The minimum Gasteiger partial charge on any atom is -0.357 e. The predicted octanol–water partition coefficient (Wildman–Crippen LogP) is 1.74. The maximum Gasteiger partial charge on any atom is 0.511 e. The van der Waals surface area contributed by atoms with Crippen LogP contribution in [0.2, 0.25) is 0 Å². The molecule has 0 aromatic heterocycles. The molecule has 0 amide bonds. The van der Waals surface area contributed by atoms with E-state index in [4.69, 9.17) is 0 Å². The summed E-state index contributed by atoms with van der Waals surface area (Å²) >= 11 is 0. The molecule has 0 unspecified atom stereocenters. The number of nitrogens with zero attached hydrogens (tertiary/aromatic N) is 2. The van der Waals surface area contributed by atoms with E-state index in [9.17, 15) is 21.6 Å². The molecule has 0 radical (unpaired) electrons. The molecule has 11 heteroatoms. The first-order chi connectivity index (χ1) is 10.2. The molecule has 1 saturated heterocycles. The van der Waals surface area contributed by atoms with Crippen LogP contribution in [0.4, 0.5) is 13.2 Å². The van der Waals surface area contributed by atoms with Crippen molar-refractivity contribution in [2.75, 3.05) is 32.7 Å². The van der Waals surface area contributed by atoms with Crippen molar-refractivity contribution in [2.45, 2.75) is 32.2 Å². The number of guanidine groups is 1. The quantitative estimate of drug-likeness (QED) is 0.364. The van der Waals surface area contributed by atoms with E-state index in [1.807, 2.05) is 13.8 Å². The average Bonchev–Trinajstić information content (AvgIpc) is 2.44. The monoisotopic (exact) mass is 472 g/mol. The van der Waals surface area contributed by atoms with E-state index < -0.39 is 15.5 Å². The number of sulfonamides is 1. The summed E-state index contributed by atoms with van der Waals surface area (Å²) in [6.07, 6.45) is 0.759. The molecule has 1 heterocycles. The Bertz CT molecular complexity index is 469. The maximum atomic E-state index is 12.5. The molecular formula is C12H24F3IN4O2S. The van der Waals surface area contributed by atoms with Gasteiger partial charge in [-0.05, 0) is 32.6 Å². The van der Waals surface area contributed by atoms with Gasteiger partial charge in [-0.3, -0.25) is 4.99 Å². The fourth-order valence-electron chi connectivity index (χ4n) is 2.21. The average molecular weight is 472 g/mol. The van der Waals surface area contributed by atoms with Crippen molar-refractivity contribution in [3.05, 3.63) is 0 Å². The van der Waals surface area contributed by atoms with Gasteiger partial charge in [0, 0.05) is 32.7 Å². The van der Waals surface area contributed by atoms with Gasteiger partial charge in [-0.25, -0.2) is 8.42 Å². The second kappa shape index (κ2) is 9.87. The van der Waals surface area contributed by atoms with Crippen LogP contribution < -0.4 is 10.6 Å². The van der Waals surface area contributed by atoms with Crippen LogP contribution in [-0.2, 0) is 10.0 Å². The highest BCUT2D eigenvalue weighted by atomic mass is 127. The van der Waals surface area contributed by atoms with Gasteiger partial charge in [0.25, 0.3) is 0 Å². The minimum absolute atomic E-state index is 0. The number of nitrogens with one attached hydrogen (secondary N) is 2. The summed E-state index contributed by atoms with van der Waals surface area (Å²) in [7, 11) is -5.20. The van der Waals surface area contributed by atoms with Crippen molar-refractivity contribution < 1.29 is 21.6 Å². The van der Waals surface area contributed by atoms with Crippen LogP contribution in [0.3, 0.4) is 0 Å². The molecule has 23 heavy (non-hydrogen) atoms. The molecule has 1 aliphatic heterocycles. The van der Waals surface area contributed by atoms with Gasteiger partial charge in [-0.1, -0.05) is 0 Å². The normalized spacial score (nSPS) is 17.3. The van der Waals surface area contributed by atoms with Crippen molar-refractivity contribution in [1.29, 1.82) is 0 Å². The Labute approximate surface area is 152 Å². The summed E-state index contributed by atoms with van der Waals surface area (Å²) in [4.78, 5) is 4.37. The molecule has 0 saturated carbocycles. The first-order valence-corrected chi connectivity index (χ1v) is 8.75. The Balaban J connectivity index is 0.00000484. The Morgan fingerprint density at radius 3 is 2.04 bits per heavy atom. The number of piperidine rings is 1. The Morgan fingerprint density at radius 2 is 1.65 bits per heavy atom. The molecule has 6 nitrogen and oxygen atoms in total. The highest BCUT2D eigenvalue weighted by Crippen LogP contribution is 2.30. The summed E-state index contributed by atoms with van der Waals surface area (Å²) < 4.78 is 60.5. The molecule has 0 aliphatic carbocycles. The molecule has 1 rings (SSSR count). The third-order valence-corrected chi connectivity index (χ3v) is 5.03. The summed E-state index contributed by atoms with van der Waals surface area (Å²) in [6, 6.07) is 0. The first-order valence-electron chi connectivity index (χ1n) is 7.31. The Morgan fingerprint density at radius 1 is 1.17 bits per heavy atom. The van der Waals surface area contributed by atoms with Crippen LogP contribution in [0, 0.1) is 5.92 Å². The summed E-state index contributed by atoms with van der Waals surface area (Å²) in [5, 5.41) is 6.12. The Kier molecular flexibility index (Phi) is 9.74. The lowest BCUT2D eigenvalue weighted by Crippen LogP contribution is -2.45. The van der Waals surface area contributed by atoms with Crippen LogP contribution in [0.15, 0.2) is 4.99 Å². The lowest BCUT2D eigenvalue weighted by atomic mass is 9.98. The zero-order valence-corrected chi connectivity index (χ0v) is 16.3. The van der Waals surface area contributed by atoms with Crippen molar-refractivity contribution in [3.63, 3.8) is 0 Å². The van der Waals surface area contributed by atoms with Crippen LogP contribution in [0.1, 0.15) is 26.7 Å². The number of rotatable bonds is 5. The second-order valence-corrected chi connectivity index (χ2v) is 6.97. The van der Waals surface area contributed by atoms with Gasteiger partial charge in [0.1, 0.15) is 0 Å². The number of hydrogen-bond donors (Lipinski definition) is 2. The SMILES string of the molecule is CCNC(=NCC1CCN(S(=O)(=O)C(F)(F)F)CC1)NCC.I. The van der Waals surface area contributed by atoms with Gasteiger partial charge in [0.05, 0.1) is 0 Å². The van der Waals surface area contributed by atoms with Crippen LogP contribution in [0.5, 0.6) is 0 Å². The summed E-state index contributed by atoms with van der Waals surface area (Å²) in [5.41, 5.74) is -5.22. The zero-order chi connectivity index (χ0) is 16.8. The Hall–Kier alpha value is -0.300. The van der Waals surface area contributed by atoms with Gasteiger partial charge in [-0.15, -0.1) is 24.0 Å². The third kappa shape index (κ3) is 6.61. The van der Waals surface area contributed by atoms with E-state index in [1.165, 1.54) is 0 Å². The van der Waals surface area contributed by atoms with E-state index >= 15 is 0 Å².